The van der Waals surface area contributed by atoms with E-state index in [4.69, 9.17) is 9.26 Å². The van der Waals surface area contributed by atoms with Crippen LogP contribution in [0.4, 0.5) is 5.69 Å². The minimum absolute atomic E-state index is 0.0650. The number of carbonyl (C=O) groups is 2. The number of rotatable bonds is 7. The third-order valence-corrected chi connectivity index (χ3v) is 5.23. The van der Waals surface area contributed by atoms with Crippen molar-refractivity contribution in [1.29, 1.82) is 0 Å². The van der Waals surface area contributed by atoms with Gasteiger partial charge in [0, 0.05) is 17.1 Å². The first-order chi connectivity index (χ1) is 14.3. The van der Waals surface area contributed by atoms with E-state index in [1.807, 2.05) is 32.0 Å². The highest BCUT2D eigenvalue weighted by atomic mass is 79.9. The van der Waals surface area contributed by atoms with Crippen molar-refractivity contribution in [2.75, 3.05) is 18.9 Å². The van der Waals surface area contributed by atoms with Crippen LogP contribution in [0.15, 0.2) is 57.5 Å². The van der Waals surface area contributed by atoms with Crippen molar-refractivity contribution < 1.29 is 18.8 Å². The number of nitrogens with one attached hydrogen (secondary N) is 1. The van der Waals surface area contributed by atoms with Gasteiger partial charge in [0.1, 0.15) is 18.1 Å². The SMILES string of the molecule is Cc1noc(C)c1COc1ccc(C(=O)N(C)CC(=O)Nc2ccccc2Br)cc1. The van der Waals surface area contributed by atoms with Crippen LogP contribution in [0.3, 0.4) is 0 Å². The monoisotopic (exact) mass is 471 g/mol. The summed E-state index contributed by atoms with van der Waals surface area (Å²) < 4.78 is 11.7. The van der Waals surface area contributed by atoms with Crippen LogP contribution >= 0.6 is 15.9 Å². The van der Waals surface area contributed by atoms with E-state index in [1.54, 1.807) is 37.4 Å². The molecule has 30 heavy (non-hydrogen) atoms. The Bertz CT molecular complexity index is 1030. The van der Waals surface area contributed by atoms with Gasteiger partial charge in [0.15, 0.2) is 0 Å². The number of aryl methyl sites for hydroxylation is 2. The summed E-state index contributed by atoms with van der Waals surface area (Å²) in [6, 6.07) is 14.1. The Morgan fingerprint density at radius 1 is 1.13 bits per heavy atom. The zero-order valence-electron chi connectivity index (χ0n) is 16.9. The molecule has 0 aliphatic heterocycles. The number of carbonyl (C=O) groups excluding carboxylic acids is 2. The molecule has 0 saturated carbocycles. The lowest BCUT2D eigenvalue weighted by Crippen LogP contribution is -2.34. The lowest BCUT2D eigenvalue weighted by Gasteiger charge is -2.17. The van der Waals surface area contributed by atoms with Crippen molar-refractivity contribution in [1.82, 2.24) is 10.1 Å². The molecule has 0 fully saturated rings. The number of para-hydroxylation sites is 1. The maximum atomic E-state index is 12.6. The molecule has 0 aliphatic rings. The molecule has 3 rings (SSSR count). The molecule has 0 saturated heterocycles. The number of anilines is 1. The molecule has 1 N–H and O–H groups in total. The van der Waals surface area contributed by atoms with Crippen molar-refractivity contribution in [2.24, 2.45) is 0 Å². The number of aromatic nitrogens is 1. The van der Waals surface area contributed by atoms with Crippen LogP contribution in [-0.4, -0.2) is 35.5 Å². The average molecular weight is 472 g/mol. The lowest BCUT2D eigenvalue weighted by molar-refractivity contribution is -0.116. The number of hydrogen-bond acceptors (Lipinski definition) is 5. The van der Waals surface area contributed by atoms with Crippen LogP contribution in [0, 0.1) is 13.8 Å². The maximum Gasteiger partial charge on any atom is 0.254 e. The molecule has 2 amide bonds. The van der Waals surface area contributed by atoms with Gasteiger partial charge >= 0.3 is 0 Å². The lowest BCUT2D eigenvalue weighted by atomic mass is 10.2. The largest absolute Gasteiger partial charge is 0.489 e. The van der Waals surface area contributed by atoms with Crippen molar-refractivity contribution in [2.45, 2.75) is 20.5 Å². The van der Waals surface area contributed by atoms with Gasteiger partial charge in [-0.25, -0.2) is 0 Å². The van der Waals surface area contributed by atoms with E-state index in [1.165, 1.54) is 4.90 Å². The van der Waals surface area contributed by atoms with E-state index in [0.29, 0.717) is 23.6 Å². The molecule has 8 heteroatoms. The Balaban J connectivity index is 1.55. The molecule has 1 heterocycles. The Kier molecular flexibility index (Phi) is 6.89. The summed E-state index contributed by atoms with van der Waals surface area (Å²) in [7, 11) is 1.59. The molecule has 7 nitrogen and oxygen atoms in total. The highest BCUT2D eigenvalue weighted by Gasteiger charge is 2.16. The molecule has 0 aliphatic carbocycles. The maximum absolute atomic E-state index is 12.6. The first-order valence-electron chi connectivity index (χ1n) is 9.29. The zero-order chi connectivity index (χ0) is 21.7. The second kappa shape index (κ2) is 9.58. The topological polar surface area (TPSA) is 84.7 Å². The standard InChI is InChI=1S/C22H22BrN3O4/c1-14-18(15(2)30-25-14)13-29-17-10-8-16(9-11-17)22(28)26(3)12-21(27)24-20-7-5-4-6-19(20)23/h4-11H,12-13H2,1-3H3,(H,24,27). The van der Waals surface area contributed by atoms with Gasteiger partial charge in [0.05, 0.1) is 23.5 Å². The quantitative estimate of drug-likeness (QED) is 0.553. The summed E-state index contributed by atoms with van der Waals surface area (Å²) in [6.07, 6.45) is 0. The average Bonchev–Trinajstić information content (AvgIpc) is 3.05. The van der Waals surface area contributed by atoms with Crippen molar-refractivity contribution in [3.8, 4) is 5.75 Å². The van der Waals surface area contributed by atoms with Crippen LogP contribution < -0.4 is 10.1 Å². The van der Waals surface area contributed by atoms with Gasteiger partial charge < -0.3 is 19.5 Å². The molecule has 1 aromatic heterocycles. The number of likely N-dealkylation sites (N-methyl/N-ethyl adjacent to an activating group) is 1. The molecule has 2 aromatic carbocycles. The van der Waals surface area contributed by atoms with Gasteiger partial charge in [-0.05, 0) is 66.2 Å². The Hall–Kier alpha value is -3.13. The number of halogens is 1. The summed E-state index contributed by atoms with van der Waals surface area (Å²) >= 11 is 3.38. The fourth-order valence-electron chi connectivity index (χ4n) is 2.82. The molecule has 156 valence electrons. The zero-order valence-corrected chi connectivity index (χ0v) is 18.5. The van der Waals surface area contributed by atoms with Gasteiger partial charge in [-0.2, -0.15) is 0 Å². The molecule has 0 spiro atoms. The van der Waals surface area contributed by atoms with E-state index in [-0.39, 0.29) is 18.4 Å². The summed E-state index contributed by atoms with van der Waals surface area (Å²) in [6.45, 7) is 3.97. The van der Waals surface area contributed by atoms with Crippen LogP contribution in [0.5, 0.6) is 5.75 Å². The third-order valence-electron chi connectivity index (χ3n) is 4.54. The predicted octanol–water partition coefficient (Wildman–Crippen LogP) is 4.34. The Morgan fingerprint density at radius 2 is 1.83 bits per heavy atom. The molecular formula is C22H22BrN3O4. The van der Waals surface area contributed by atoms with Crippen LogP contribution in [0.2, 0.25) is 0 Å². The second-order valence-corrected chi connectivity index (χ2v) is 7.66. The summed E-state index contributed by atoms with van der Waals surface area (Å²) in [5.41, 5.74) is 2.83. The predicted molar refractivity (Wildman–Crippen MR) is 116 cm³/mol. The van der Waals surface area contributed by atoms with Gasteiger partial charge in [-0.1, -0.05) is 17.3 Å². The third kappa shape index (κ3) is 5.27. The van der Waals surface area contributed by atoms with E-state index in [9.17, 15) is 9.59 Å². The first-order valence-corrected chi connectivity index (χ1v) is 10.1. The summed E-state index contributed by atoms with van der Waals surface area (Å²) in [4.78, 5) is 26.2. The fraction of sp³-hybridized carbons (Fsp3) is 0.227. The number of amides is 2. The molecule has 0 atom stereocenters. The van der Waals surface area contributed by atoms with Gasteiger partial charge in [-0.15, -0.1) is 0 Å². The Labute approximate surface area is 183 Å². The molecule has 0 radical (unpaired) electrons. The molecular weight excluding hydrogens is 450 g/mol. The smallest absolute Gasteiger partial charge is 0.254 e. The molecule has 0 bridgehead atoms. The second-order valence-electron chi connectivity index (χ2n) is 6.81. The van der Waals surface area contributed by atoms with Crippen LogP contribution in [0.1, 0.15) is 27.4 Å². The number of ether oxygens (including phenoxy) is 1. The van der Waals surface area contributed by atoms with E-state index < -0.39 is 0 Å². The van der Waals surface area contributed by atoms with Gasteiger partial charge in [0.25, 0.3) is 5.91 Å². The molecule has 3 aromatic rings. The van der Waals surface area contributed by atoms with Crippen LogP contribution in [-0.2, 0) is 11.4 Å². The van der Waals surface area contributed by atoms with Gasteiger partial charge in [-0.3, -0.25) is 9.59 Å². The van der Waals surface area contributed by atoms with Crippen LogP contribution in [0.25, 0.3) is 0 Å². The fourth-order valence-corrected chi connectivity index (χ4v) is 3.20. The normalized spacial score (nSPS) is 10.5. The Morgan fingerprint density at radius 3 is 2.47 bits per heavy atom. The van der Waals surface area contributed by atoms with E-state index in [2.05, 4.69) is 26.4 Å². The number of benzene rings is 2. The van der Waals surface area contributed by atoms with Crippen molar-refractivity contribution in [3.63, 3.8) is 0 Å². The molecule has 0 unspecified atom stereocenters. The van der Waals surface area contributed by atoms with Crippen molar-refractivity contribution >= 4 is 33.4 Å². The number of nitrogens with zero attached hydrogens (tertiary/aromatic N) is 2. The minimum Gasteiger partial charge on any atom is -0.489 e. The van der Waals surface area contributed by atoms with E-state index in [0.717, 1.165) is 21.5 Å². The highest BCUT2D eigenvalue weighted by Crippen LogP contribution is 2.21. The van der Waals surface area contributed by atoms with Crippen molar-refractivity contribution in [3.05, 3.63) is 75.6 Å². The number of hydrogen-bond donors (Lipinski definition) is 1. The minimum atomic E-state index is -0.280. The first kappa shape index (κ1) is 21.6. The van der Waals surface area contributed by atoms with Gasteiger partial charge in [0.2, 0.25) is 5.91 Å². The highest BCUT2D eigenvalue weighted by molar-refractivity contribution is 9.10. The van der Waals surface area contributed by atoms with E-state index >= 15 is 0 Å². The summed E-state index contributed by atoms with van der Waals surface area (Å²) in [5, 5.41) is 6.68. The summed E-state index contributed by atoms with van der Waals surface area (Å²) in [5.74, 6) is 0.814.